The van der Waals surface area contributed by atoms with Gasteiger partial charge in [-0.25, -0.2) is 4.68 Å². The Morgan fingerprint density at radius 1 is 1.52 bits per heavy atom. The van der Waals surface area contributed by atoms with Gasteiger partial charge in [0, 0.05) is 18.0 Å². The van der Waals surface area contributed by atoms with E-state index in [9.17, 15) is 4.79 Å². The standard InChI is InChI=1S/C15H21N5OS.ClH/c1-16-8-12-4-2-6-19(9-12)15(21)14-11-20(18-17-14)10-13-5-3-7-22-13;/h3,5,7,11-12,16H,2,4,6,8-10H2,1H3;1H. The third-order valence-corrected chi connectivity index (χ3v) is 4.82. The summed E-state index contributed by atoms with van der Waals surface area (Å²) in [6.45, 7) is 3.24. The van der Waals surface area contributed by atoms with E-state index in [1.54, 1.807) is 22.2 Å². The molecule has 6 nitrogen and oxygen atoms in total. The smallest absolute Gasteiger partial charge is 0.276 e. The minimum Gasteiger partial charge on any atom is -0.337 e. The zero-order valence-corrected chi connectivity index (χ0v) is 14.8. The fraction of sp³-hybridized carbons (Fsp3) is 0.533. The van der Waals surface area contributed by atoms with E-state index < -0.39 is 0 Å². The topological polar surface area (TPSA) is 63.1 Å². The number of amides is 1. The summed E-state index contributed by atoms with van der Waals surface area (Å²) in [5.74, 6) is 0.530. The van der Waals surface area contributed by atoms with Gasteiger partial charge in [0.2, 0.25) is 0 Å². The number of carbonyl (C=O) groups excluding carboxylic acids is 1. The summed E-state index contributed by atoms with van der Waals surface area (Å²) >= 11 is 1.68. The molecule has 0 saturated carbocycles. The van der Waals surface area contributed by atoms with Gasteiger partial charge in [0.25, 0.3) is 5.91 Å². The molecule has 1 fully saturated rings. The van der Waals surface area contributed by atoms with E-state index in [1.165, 1.54) is 11.3 Å². The number of halogens is 1. The van der Waals surface area contributed by atoms with Crippen molar-refractivity contribution in [3.63, 3.8) is 0 Å². The first kappa shape index (κ1) is 17.9. The minimum atomic E-state index is -0.00164. The van der Waals surface area contributed by atoms with Crippen LogP contribution in [0.5, 0.6) is 0 Å². The van der Waals surface area contributed by atoms with Crippen LogP contribution in [0.15, 0.2) is 23.7 Å². The van der Waals surface area contributed by atoms with Crippen molar-refractivity contribution >= 4 is 29.7 Å². The van der Waals surface area contributed by atoms with Crippen molar-refractivity contribution in [2.45, 2.75) is 19.4 Å². The lowest BCUT2D eigenvalue weighted by molar-refractivity contribution is 0.0668. The van der Waals surface area contributed by atoms with Crippen LogP contribution in [0.25, 0.3) is 0 Å². The van der Waals surface area contributed by atoms with Gasteiger partial charge in [0.05, 0.1) is 12.7 Å². The molecule has 1 aliphatic heterocycles. The number of hydrogen-bond acceptors (Lipinski definition) is 5. The maximum atomic E-state index is 12.6. The number of nitrogens with zero attached hydrogens (tertiary/aromatic N) is 4. The molecule has 1 N–H and O–H groups in total. The summed E-state index contributed by atoms with van der Waals surface area (Å²) in [7, 11) is 1.96. The lowest BCUT2D eigenvalue weighted by Crippen LogP contribution is -2.42. The van der Waals surface area contributed by atoms with E-state index >= 15 is 0 Å². The van der Waals surface area contributed by atoms with E-state index in [2.05, 4.69) is 21.7 Å². The highest BCUT2D eigenvalue weighted by Crippen LogP contribution is 2.17. The zero-order chi connectivity index (χ0) is 15.4. The fourth-order valence-corrected chi connectivity index (χ4v) is 3.60. The second-order valence-corrected chi connectivity index (χ2v) is 6.73. The molecule has 1 amide bonds. The van der Waals surface area contributed by atoms with E-state index in [0.717, 1.165) is 26.1 Å². The van der Waals surface area contributed by atoms with Gasteiger partial charge < -0.3 is 10.2 Å². The van der Waals surface area contributed by atoms with Crippen molar-refractivity contribution in [2.75, 3.05) is 26.7 Å². The van der Waals surface area contributed by atoms with Crippen molar-refractivity contribution in [1.29, 1.82) is 0 Å². The van der Waals surface area contributed by atoms with Crippen LogP contribution in [-0.4, -0.2) is 52.5 Å². The number of thiophene rings is 1. The summed E-state index contributed by atoms with van der Waals surface area (Å²) in [6, 6.07) is 4.07. The normalized spacial score (nSPS) is 17.8. The highest BCUT2D eigenvalue weighted by Gasteiger charge is 2.25. The Balaban J connectivity index is 0.00000192. The average Bonchev–Trinajstić information content (AvgIpc) is 3.19. The second kappa shape index (κ2) is 8.42. The van der Waals surface area contributed by atoms with Gasteiger partial charge in [0.15, 0.2) is 5.69 Å². The quantitative estimate of drug-likeness (QED) is 0.889. The molecule has 0 aromatic carbocycles. The van der Waals surface area contributed by atoms with Crippen LogP contribution in [0.1, 0.15) is 28.2 Å². The third kappa shape index (κ3) is 4.53. The SMILES string of the molecule is CNCC1CCCN(C(=O)c2cn(Cc3cccs3)nn2)C1.Cl. The Kier molecular flexibility index (Phi) is 6.56. The lowest BCUT2D eigenvalue weighted by Gasteiger charge is -2.32. The van der Waals surface area contributed by atoms with Crippen LogP contribution in [-0.2, 0) is 6.54 Å². The molecule has 2 aromatic rings. The zero-order valence-electron chi connectivity index (χ0n) is 13.1. The fourth-order valence-electron chi connectivity index (χ4n) is 2.90. The van der Waals surface area contributed by atoms with Crippen LogP contribution in [0.4, 0.5) is 0 Å². The molecule has 8 heteroatoms. The van der Waals surface area contributed by atoms with E-state index in [0.29, 0.717) is 18.2 Å². The summed E-state index contributed by atoms with van der Waals surface area (Å²) in [4.78, 5) is 15.7. The van der Waals surface area contributed by atoms with E-state index in [1.807, 2.05) is 23.4 Å². The monoisotopic (exact) mass is 355 g/mol. The Morgan fingerprint density at radius 3 is 3.13 bits per heavy atom. The number of rotatable bonds is 5. The molecular formula is C15H22ClN5OS. The molecule has 0 spiro atoms. The number of hydrogen-bond donors (Lipinski definition) is 1. The minimum absolute atomic E-state index is 0. The van der Waals surface area contributed by atoms with Crippen LogP contribution >= 0.6 is 23.7 Å². The molecule has 0 bridgehead atoms. The molecule has 1 saturated heterocycles. The number of likely N-dealkylation sites (tertiary alicyclic amines) is 1. The molecule has 1 atom stereocenters. The first-order valence-corrected chi connectivity index (χ1v) is 8.50. The molecule has 1 unspecified atom stereocenters. The molecule has 1 aliphatic rings. The van der Waals surface area contributed by atoms with Gasteiger partial charge in [-0.2, -0.15) is 0 Å². The Morgan fingerprint density at radius 2 is 2.39 bits per heavy atom. The van der Waals surface area contributed by atoms with Crippen molar-refractivity contribution in [3.8, 4) is 0 Å². The predicted octanol–water partition coefficient (Wildman–Crippen LogP) is 1.88. The molecule has 3 rings (SSSR count). The van der Waals surface area contributed by atoms with Crippen LogP contribution < -0.4 is 5.32 Å². The van der Waals surface area contributed by atoms with Gasteiger partial charge in [-0.3, -0.25) is 4.79 Å². The van der Waals surface area contributed by atoms with Gasteiger partial charge in [-0.15, -0.1) is 28.8 Å². The van der Waals surface area contributed by atoms with Gasteiger partial charge >= 0.3 is 0 Å². The van der Waals surface area contributed by atoms with Gasteiger partial charge in [-0.1, -0.05) is 11.3 Å². The number of aromatic nitrogens is 3. The molecular weight excluding hydrogens is 334 g/mol. The molecule has 0 radical (unpaired) electrons. The van der Waals surface area contributed by atoms with Crippen molar-refractivity contribution in [2.24, 2.45) is 5.92 Å². The van der Waals surface area contributed by atoms with E-state index in [4.69, 9.17) is 0 Å². The first-order valence-electron chi connectivity index (χ1n) is 7.62. The van der Waals surface area contributed by atoms with Crippen LogP contribution in [0, 0.1) is 5.92 Å². The highest BCUT2D eigenvalue weighted by molar-refractivity contribution is 7.09. The Labute approximate surface area is 146 Å². The van der Waals surface area contributed by atoms with Gasteiger partial charge in [-0.05, 0) is 43.8 Å². The summed E-state index contributed by atoms with van der Waals surface area (Å²) in [6.07, 6.45) is 3.99. The molecule has 3 heterocycles. The molecule has 126 valence electrons. The number of nitrogens with one attached hydrogen (secondary N) is 1. The largest absolute Gasteiger partial charge is 0.337 e. The highest BCUT2D eigenvalue weighted by atomic mass is 35.5. The van der Waals surface area contributed by atoms with Crippen LogP contribution in [0.2, 0.25) is 0 Å². The van der Waals surface area contributed by atoms with Crippen LogP contribution in [0.3, 0.4) is 0 Å². The predicted molar refractivity (Wildman–Crippen MR) is 93.2 cm³/mol. The maximum absolute atomic E-state index is 12.6. The number of piperidine rings is 1. The average molecular weight is 356 g/mol. The van der Waals surface area contributed by atoms with E-state index in [-0.39, 0.29) is 18.3 Å². The molecule has 2 aromatic heterocycles. The maximum Gasteiger partial charge on any atom is 0.276 e. The second-order valence-electron chi connectivity index (χ2n) is 5.70. The summed E-state index contributed by atoms with van der Waals surface area (Å²) in [5, 5.41) is 13.4. The Hall–Kier alpha value is -1.44. The molecule has 23 heavy (non-hydrogen) atoms. The van der Waals surface area contributed by atoms with Crippen molar-refractivity contribution < 1.29 is 4.79 Å². The lowest BCUT2D eigenvalue weighted by atomic mass is 9.98. The third-order valence-electron chi connectivity index (χ3n) is 3.95. The van der Waals surface area contributed by atoms with Crippen molar-refractivity contribution in [1.82, 2.24) is 25.2 Å². The van der Waals surface area contributed by atoms with Crippen molar-refractivity contribution in [3.05, 3.63) is 34.3 Å². The summed E-state index contributed by atoms with van der Waals surface area (Å²) < 4.78 is 1.73. The molecule has 0 aliphatic carbocycles. The Bertz CT molecular complexity index is 613. The summed E-state index contributed by atoms with van der Waals surface area (Å²) in [5.41, 5.74) is 0.446. The number of carbonyl (C=O) groups is 1. The first-order chi connectivity index (χ1) is 10.8. The van der Waals surface area contributed by atoms with Gasteiger partial charge in [0.1, 0.15) is 0 Å².